The summed E-state index contributed by atoms with van der Waals surface area (Å²) in [6.45, 7) is 7.97. The SMILES string of the molecule is COc1ccc(CN2CC(c3cccnc3)C2)cc1OCC(O)CN(C)C(C)C. The maximum absolute atomic E-state index is 10.3. The predicted molar refractivity (Wildman–Crippen MR) is 115 cm³/mol. The van der Waals surface area contributed by atoms with Gasteiger partial charge >= 0.3 is 0 Å². The lowest BCUT2D eigenvalue weighted by Crippen LogP contribution is -2.44. The van der Waals surface area contributed by atoms with Crippen LogP contribution in [0, 0.1) is 0 Å². The number of hydrogen-bond donors (Lipinski definition) is 1. The number of rotatable bonds is 10. The molecule has 0 amide bonds. The van der Waals surface area contributed by atoms with Crippen molar-refractivity contribution in [2.24, 2.45) is 0 Å². The number of pyridine rings is 1. The summed E-state index contributed by atoms with van der Waals surface area (Å²) < 4.78 is 11.3. The molecule has 1 saturated heterocycles. The van der Waals surface area contributed by atoms with Crippen LogP contribution in [-0.2, 0) is 6.54 Å². The van der Waals surface area contributed by atoms with Gasteiger partial charge in [0.25, 0.3) is 0 Å². The third kappa shape index (κ3) is 5.92. The van der Waals surface area contributed by atoms with Crippen molar-refractivity contribution in [3.05, 3.63) is 53.9 Å². The van der Waals surface area contributed by atoms with Gasteiger partial charge in [0.15, 0.2) is 11.5 Å². The molecule has 0 saturated carbocycles. The third-order valence-electron chi connectivity index (χ3n) is 5.56. The molecule has 1 unspecified atom stereocenters. The van der Waals surface area contributed by atoms with Gasteiger partial charge in [0.05, 0.1) is 7.11 Å². The molecule has 1 N–H and O–H groups in total. The molecular weight excluding hydrogens is 366 g/mol. The molecule has 0 aliphatic carbocycles. The van der Waals surface area contributed by atoms with Crippen LogP contribution in [0.2, 0.25) is 0 Å². The van der Waals surface area contributed by atoms with E-state index in [0.29, 0.717) is 30.0 Å². The normalized spacial score (nSPS) is 16.1. The molecule has 1 aliphatic heterocycles. The Morgan fingerprint density at radius 2 is 2.03 bits per heavy atom. The maximum Gasteiger partial charge on any atom is 0.161 e. The Hall–Kier alpha value is -2.15. The number of likely N-dealkylation sites (tertiary alicyclic amines) is 1. The van der Waals surface area contributed by atoms with Gasteiger partial charge in [-0.05, 0) is 50.2 Å². The van der Waals surface area contributed by atoms with Crippen LogP contribution >= 0.6 is 0 Å². The minimum Gasteiger partial charge on any atom is -0.493 e. The topological polar surface area (TPSA) is 58.1 Å². The first-order valence-electron chi connectivity index (χ1n) is 10.3. The minimum absolute atomic E-state index is 0.240. The van der Waals surface area contributed by atoms with E-state index in [1.807, 2.05) is 37.6 Å². The second kappa shape index (κ2) is 10.1. The van der Waals surface area contributed by atoms with Crippen LogP contribution in [0.4, 0.5) is 0 Å². The Labute approximate surface area is 174 Å². The standard InChI is InChI=1S/C23H33N3O3/c1-17(2)25(3)15-21(27)16-29-23-10-18(7-8-22(23)28-4)12-26-13-20(14-26)19-6-5-9-24-11-19/h5-11,17,20-21,27H,12-16H2,1-4H3. The molecule has 3 rings (SSSR count). The lowest BCUT2D eigenvalue weighted by Gasteiger charge is -2.39. The smallest absolute Gasteiger partial charge is 0.161 e. The molecule has 1 aliphatic rings. The van der Waals surface area contributed by atoms with Gasteiger partial charge < -0.3 is 19.5 Å². The van der Waals surface area contributed by atoms with Crippen molar-refractivity contribution in [3.63, 3.8) is 0 Å². The molecule has 0 radical (unpaired) electrons. The first-order chi connectivity index (χ1) is 14.0. The van der Waals surface area contributed by atoms with Crippen LogP contribution in [0.25, 0.3) is 0 Å². The summed E-state index contributed by atoms with van der Waals surface area (Å²) in [5.41, 5.74) is 2.49. The second-order valence-corrected chi connectivity index (χ2v) is 8.16. The summed E-state index contributed by atoms with van der Waals surface area (Å²) >= 11 is 0. The Morgan fingerprint density at radius 3 is 2.69 bits per heavy atom. The summed E-state index contributed by atoms with van der Waals surface area (Å²) in [4.78, 5) is 8.73. The van der Waals surface area contributed by atoms with Crippen molar-refractivity contribution in [1.82, 2.24) is 14.8 Å². The van der Waals surface area contributed by atoms with Crippen molar-refractivity contribution >= 4 is 0 Å². The number of hydrogen-bond acceptors (Lipinski definition) is 6. The van der Waals surface area contributed by atoms with Crippen molar-refractivity contribution in [2.45, 2.75) is 38.5 Å². The summed E-state index contributed by atoms with van der Waals surface area (Å²) in [6, 6.07) is 10.6. The molecule has 1 aromatic heterocycles. The van der Waals surface area contributed by atoms with Crippen LogP contribution in [-0.4, -0.2) is 72.4 Å². The van der Waals surface area contributed by atoms with Crippen molar-refractivity contribution in [2.75, 3.05) is 40.4 Å². The number of benzene rings is 1. The highest BCUT2D eigenvalue weighted by atomic mass is 16.5. The first-order valence-corrected chi connectivity index (χ1v) is 10.3. The van der Waals surface area contributed by atoms with Gasteiger partial charge in [-0.15, -0.1) is 0 Å². The molecule has 6 nitrogen and oxygen atoms in total. The van der Waals surface area contributed by atoms with Gasteiger partial charge in [-0.25, -0.2) is 0 Å². The highest BCUT2D eigenvalue weighted by molar-refractivity contribution is 5.43. The minimum atomic E-state index is -0.550. The largest absolute Gasteiger partial charge is 0.493 e. The first kappa shape index (κ1) is 21.6. The number of nitrogens with zero attached hydrogens (tertiary/aromatic N) is 3. The van der Waals surface area contributed by atoms with Gasteiger partial charge in [0.2, 0.25) is 0 Å². The van der Waals surface area contributed by atoms with E-state index in [2.05, 4.69) is 40.8 Å². The molecule has 1 aromatic carbocycles. The highest BCUT2D eigenvalue weighted by Gasteiger charge is 2.28. The van der Waals surface area contributed by atoms with Crippen molar-refractivity contribution in [3.8, 4) is 11.5 Å². The van der Waals surface area contributed by atoms with E-state index in [1.165, 1.54) is 11.1 Å². The fourth-order valence-corrected chi connectivity index (χ4v) is 3.50. The Morgan fingerprint density at radius 1 is 1.24 bits per heavy atom. The molecule has 0 bridgehead atoms. The zero-order chi connectivity index (χ0) is 20.8. The number of aliphatic hydroxyl groups excluding tert-OH is 1. The van der Waals surface area contributed by atoms with Crippen LogP contribution in [0.3, 0.4) is 0 Å². The lowest BCUT2D eigenvalue weighted by atomic mass is 9.92. The molecule has 158 valence electrons. The number of methoxy groups -OCH3 is 1. The summed E-state index contributed by atoms with van der Waals surface area (Å²) in [7, 11) is 3.64. The van der Waals surface area contributed by atoms with E-state index in [0.717, 1.165) is 19.6 Å². The summed E-state index contributed by atoms with van der Waals surface area (Å²) in [6.07, 6.45) is 3.23. The third-order valence-corrected chi connectivity index (χ3v) is 5.56. The Kier molecular flexibility index (Phi) is 7.47. The predicted octanol–water partition coefficient (Wildman–Crippen LogP) is 2.77. The second-order valence-electron chi connectivity index (χ2n) is 8.16. The zero-order valence-corrected chi connectivity index (χ0v) is 17.9. The van der Waals surface area contributed by atoms with Crippen molar-refractivity contribution < 1.29 is 14.6 Å². The van der Waals surface area contributed by atoms with Gasteiger partial charge in [-0.3, -0.25) is 9.88 Å². The van der Waals surface area contributed by atoms with Gasteiger partial charge in [-0.2, -0.15) is 0 Å². The Balaban J connectivity index is 1.54. The average molecular weight is 400 g/mol. The molecular formula is C23H33N3O3. The fraction of sp³-hybridized carbons (Fsp3) is 0.522. The number of likely N-dealkylation sites (N-methyl/N-ethyl adjacent to an activating group) is 1. The molecule has 2 aromatic rings. The molecule has 2 heterocycles. The average Bonchev–Trinajstić information content (AvgIpc) is 2.69. The lowest BCUT2D eigenvalue weighted by molar-refractivity contribution is 0.0667. The molecule has 0 spiro atoms. The summed E-state index contributed by atoms with van der Waals surface area (Å²) in [5, 5.41) is 10.3. The van der Waals surface area contributed by atoms with Crippen LogP contribution in [0.1, 0.15) is 30.9 Å². The van der Waals surface area contributed by atoms with E-state index < -0.39 is 6.10 Å². The van der Waals surface area contributed by atoms with Gasteiger partial charge in [0, 0.05) is 50.5 Å². The van der Waals surface area contributed by atoms with E-state index in [4.69, 9.17) is 9.47 Å². The Bertz CT molecular complexity index is 763. The molecule has 6 heteroatoms. The maximum atomic E-state index is 10.3. The molecule has 1 atom stereocenters. The monoisotopic (exact) mass is 399 g/mol. The molecule has 29 heavy (non-hydrogen) atoms. The number of aromatic nitrogens is 1. The quantitative estimate of drug-likeness (QED) is 0.663. The van der Waals surface area contributed by atoms with E-state index >= 15 is 0 Å². The van der Waals surface area contributed by atoms with Gasteiger partial charge in [0.1, 0.15) is 12.7 Å². The fourth-order valence-electron chi connectivity index (χ4n) is 3.50. The zero-order valence-electron chi connectivity index (χ0n) is 17.9. The van der Waals surface area contributed by atoms with E-state index in [9.17, 15) is 5.11 Å². The van der Waals surface area contributed by atoms with Gasteiger partial charge in [-0.1, -0.05) is 12.1 Å². The van der Waals surface area contributed by atoms with Crippen molar-refractivity contribution in [1.29, 1.82) is 0 Å². The van der Waals surface area contributed by atoms with Crippen LogP contribution in [0.15, 0.2) is 42.7 Å². The molecule has 1 fully saturated rings. The summed E-state index contributed by atoms with van der Waals surface area (Å²) in [5.74, 6) is 1.93. The van der Waals surface area contributed by atoms with Crippen LogP contribution in [0.5, 0.6) is 11.5 Å². The van der Waals surface area contributed by atoms with E-state index in [-0.39, 0.29) is 6.61 Å². The van der Waals surface area contributed by atoms with Crippen LogP contribution < -0.4 is 9.47 Å². The van der Waals surface area contributed by atoms with E-state index in [1.54, 1.807) is 7.11 Å². The number of aliphatic hydroxyl groups is 1. The highest BCUT2D eigenvalue weighted by Crippen LogP contribution is 2.31. The number of ether oxygens (including phenoxy) is 2.